The summed E-state index contributed by atoms with van der Waals surface area (Å²) in [6.45, 7) is 3.83. The van der Waals surface area contributed by atoms with E-state index in [1.165, 1.54) is 12.1 Å². The summed E-state index contributed by atoms with van der Waals surface area (Å²) >= 11 is 0. The molecule has 0 amide bonds. The van der Waals surface area contributed by atoms with Crippen LogP contribution in [0.2, 0.25) is 0 Å². The molecule has 0 fully saturated rings. The minimum atomic E-state index is -3.68. The maximum absolute atomic E-state index is 12.6. The molecule has 0 saturated carbocycles. The van der Waals surface area contributed by atoms with Crippen molar-refractivity contribution < 1.29 is 17.9 Å². The number of hydrogen-bond donors (Lipinski definition) is 1. The summed E-state index contributed by atoms with van der Waals surface area (Å²) < 4.78 is 32.8. The molecule has 0 spiro atoms. The number of benzene rings is 2. The van der Waals surface area contributed by atoms with Crippen molar-refractivity contribution in [3.8, 4) is 5.75 Å². The van der Waals surface area contributed by atoms with Gasteiger partial charge in [0.15, 0.2) is 0 Å². The summed E-state index contributed by atoms with van der Waals surface area (Å²) in [5.74, 6) is 0.146. The van der Waals surface area contributed by atoms with Crippen LogP contribution in [0.15, 0.2) is 41.3 Å². The molecule has 5 nitrogen and oxygen atoms in total. The highest BCUT2D eigenvalue weighted by molar-refractivity contribution is 7.92. The number of esters is 1. The molecule has 0 saturated heterocycles. The zero-order chi connectivity index (χ0) is 16.6. The van der Waals surface area contributed by atoms with Crippen LogP contribution in [-0.2, 0) is 21.2 Å². The molecule has 2 aromatic rings. The molecule has 0 radical (unpaired) electrons. The molecule has 0 bridgehead atoms. The predicted octanol–water partition coefficient (Wildman–Crippen LogP) is 2.96. The molecule has 0 atom stereocenters. The Labute approximate surface area is 135 Å². The van der Waals surface area contributed by atoms with Crippen molar-refractivity contribution in [2.75, 3.05) is 4.72 Å². The van der Waals surface area contributed by atoms with Gasteiger partial charge in [-0.15, -0.1) is 0 Å². The summed E-state index contributed by atoms with van der Waals surface area (Å²) in [6.07, 6.45) is 0.752. The average molecular weight is 331 g/mol. The second-order valence-electron chi connectivity index (χ2n) is 5.73. The lowest BCUT2D eigenvalue weighted by atomic mass is 10.1. The van der Waals surface area contributed by atoms with Gasteiger partial charge in [-0.3, -0.25) is 9.52 Å². The number of aryl methyl sites for hydroxylation is 3. The van der Waals surface area contributed by atoms with Crippen molar-refractivity contribution in [3.63, 3.8) is 0 Å². The fourth-order valence-corrected chi connectivity index (χ4v) is 3.77. The van der Waals surface area contributed by atoms with Crippen molar-refractivity contribution >= 4 is 21.7 Å². The highest BCUT2D eigenvalue weighted by Crippen LogP contribution is 2.28. The van der Waals surface area contributed by atoms with Crippen LogP contribution in [0.5, 0.6) is 5.75 Å². The Morgan fingerprint density at radius 2 is 1.70 bits per heavy atom. The van der Waals surface area contributed by atoms with E-state index in [1.54, 1.807) is 18.2 Å². The van der Waals surface area contributed by atoms with Gasteiger partial charge in [-0.25, -0.2) is 8.42 Å². The molecule has 1 aliphatic heterocycles. The van der Waals surface area contributed by atoms with Gasteiger partial charge in [0, 0.05) is 5.69 Å². The maximum atomic E-state index is 12.6. The Bertz CT molecular complexity index is 867. The van der Waals surface area contributed by atoms with Gasteiger partial charge in [-0.1, -0.05) is 6.07 Å². The lowest BCUT2D eigenvalue weighted by Crippen LogP contribution is -2.18. The largest absolute Gasteiger partial charge is 0.426 e. The van der Waals surface area contributed by atoms with E-state index in [4.69, 9.17) is 4.74 Å². The van der Waals surface area contributed by atoms with Crippen LogP contribution in [0.4, 0.5) is 5.69 Å². The first-order valence-corrected chi connectivity index (χ1v) is 8.76. The highest BCUT2D eigenvalue weighted by atomic mass is 32.2. The van der Waals surface area contributed by atoms with Crippen LogP contribution < -0.4 is 9.46 Å². The third kappa shape index (κ3) is 3.37. The Balaban J connectivity index is 1.92. The molecule has 0 aromatic heterocycles. The van der Waals surface area contributed by atoms with Crippen molar-refractivity contribution in [2.24, 2.45) is 0 Å². The second-order valence-corrected chi connectivity index (χ2v) is 7.41. The molecule has 23 heavy (non-hydrogen) atoms. The average Bonchev–Trinajstić information content (AvgIpc) is 2.44. The van der Waals surface area contributed by atoms with Gasteiger partial charge >= 0.3 is 5.97 Å². The van der Waals surface area contributed by atoms with E-state index < -0.39 is 10.0 Å². The van der Waals surface area contributed by atoms with Gasteiger partial charge in [-0.2, -0.15) is 0 Å². The molecule has 120 valence electrons. The molecular formula is C17H17NO4S. The lowest BCUT2D eigenvalue weighted by molar-refractivity contribution is -0.135. The Morgan fingerprint density at radius 1 is 1.00 bits per heavy atom. The zero-order valence-electron chi connectivity index (χ0n) is 12.9. The Kier molecular flexibility index (Phi) is 3.85. The standard InChI is InChI=1S/C17H17NO4S/c1-11-7-12(2)9-14(8-11)18-23(20,21)15-4-5-16-13(10-15)3-6-17(19)22-16/h4-5,7-10,18H,3,6H2,1-2H3. The SMILES string of the molecule is Cc1cc(C)cc(NS(=O)(=O)c2ccc3c(c2)CCC(=O)O3)c1. The van der Waals surface area contributed by atoms with E-state index in [9.17, 15) is 13.2 Å². The number of hydrogen-bond acceptors (Lipinski definition) is 4. The second kappa shape index (κ2) is 5.70. The minimum Gasteiger partial charge on any atom is -0.426 e. The summed E-state index contributed by atoms with van der Waals surface area (Å²) in [5, 5.41) is 0. The van der Waals surface area contributed by atoms with Gasteiger partial charge in [-0.05, 0) is 67.3 Å². The topological polar surface area (TPSA) is 72.5 Å². The number of anilines is 1. The first-order valence-electron chi connectivity index (χ1n) is 7.28. The van der Waals surface area contributed by atoms with Gasteiger partial charge in [0.2, 0.25) is 0 Å². The number of sulfonamides is 1. The van der Waals surface area contributed by atoms with E-state index in [0.717, 1.165) is 16.7 Å². The van der Waals surface area contributed by atoms with Crippen LogP contribution in [0, 0.1) is 13.8 Å². The van der Waals surface area contributed by atoms with E-state index in [0.29, 0.717) is 17.9 Å². The first-order chi connectivity index (χ1) is 10.8. The van der Waals surface area contributed by atoms with E-state index in [-0.39, 0.29) is 17.3 Å². The molecule has 6 heteroatoms. The number of carbonyl (C=O) groups excluding carboxylic acids is 1. The fraction of sp³-hybridized carbons (Fsp3) is 0.235. The van der Waals surface area contributed by atoms with Gasteiger partial charge < -0.3 is 4.74 Å². The quantitative estimate of drug-likeness (QED) is 0.693. The van der Waals surface area contributed by atoms with Crippen LogP contribution in [-0.4, -0.2) is 14.4 Å². The van der Waals surface area contributed by atoms with Gasteiger partial charge in [0.25, 0.3) is 10.0 Å². The maximum Gasteiger partial charge on any atom is 0.311 e. The number of nitrogens with one attached hydrogen (secondary N) is 1. The van der Waals surface area contributed by atoms with Crippen LogP contribution in [0.3, 0.4) is 0 Å². The normalized spacial score (nSPS) is 14.1. The molecule has 1 aliphatic rings. The van der Waals surface area contributed by atoms with Crippen molar-refractivity contribution in [2.45, 2.75) is 31.6 Å². The van der Waals surface area contributed by atoms with Crippen LogP contribution in [0.1, 0.15) is 23.1 Å². The molecular weight excluding hydrogens is 314 g/mol. The lowest BCUT2D eigenvalue weighted by Gasteiger charge is -2.17. The van der Waals surface area contributed by atoms with Crippen molar-refractivity contribution in [3.05, 3.63) is 53.1 Å². The summed E-state index contributed by atoms with van der Waals surface area (Å²) in [4.78, 5) is 11.4. The molecule has 1 heterocycles. The van der Waals surface area contributed by atoms with E-state index in [1.807, 2.05) is 19.9 Å². The highest BCUT2D eigenvalue weighted by Gasteiger charge is 2.21. The van der Waals surface area contributed by atoms with Crippen LogP contribution >= 0.6 is 0 Å². The third-order valence-electron chi connectivity index (χ3n) is 3.64. The monoisotopic (exact) mass is 331 g/mol. The Hall–Kier alpha value is -2.34. The first kappa shape index (κ1) is 15.6. The summed E-state index contributed by atoms with van der Waals surface area (Å²) in [7, 11) is -3.68. The van der Waals surface area contributed by atoms with E-state index in [2.05, 4.69) is 4.72 Å². The third-order valence-corrected chi connectivity index (χ3v) is 5.02. The number of ether oxygens (including phenoxy) is 1. The van der Waals surface area contributed by atoms with Gasteiger partial charge in [0.05, 0.1) is 11.3 Å². The Morgan fingerprint density at radius 3 is 2.39 bits per heavy atom. The molecule has 3 rings (SSSR count). The fourth-order valence-electron chi connectivity index (χ4n) is 2.68. The number of rotatable bonds is 3. The van der Waals surface area contributed by atoms with Crippen molar-refractivity contribution in [1.29, 1.82) is 0 Å². The summed E-state index contributed by atoms with van der Waals surface area (Å²) in [5.41, 5.74) is 3.24. The van der Waals surface area contributed by atoms with Gasteiger partial charge in [0.1, 0.15) is 5.75 Å². The predicted molar refractivity (Wildman–Crippen MR) is 87.1 cm³/mol. The number of fused-ring (bicyclic) bond motifs is 1. The minimum absolute atomic E-state index is 0.161. The number of carbonyl (C=O) groups is 1. The zero-order valence-corrected chi connectivity index (χ0v) is 13.7. The van der Waals surface area contributed by atoms with Crippen molar-refractivity contribution in [1.82, 2.24) is 0 Å². The van der Waals surface area contributed by atoms with E-state index >= 15 is 0 Å². The molecule has 0 unspecified atom stereocenters. The van der Waals surface area contributed by atoms with Crippen LogP contribution in [0.25, 0.3) is 0 Å². The smallest absolute Gasteiger partial charge is 0.311 e. The molecule has 0 aliphatic carbocycles. The summed E-state index contributed by atoms with van der Waals surface area (Å²) in [6, 6.07) is 10.1. The molecule has 1 N–H and O–H groups in total. The molecule has 2 aromatic carbocycles.